The molecule has 1 saturated heterocycles. The first-order valence-corrected chi connectivity index (χ1v) is 9.89. The minimum atomic E-state index is -0.934. The van der Waals surface area contributed by atoms with Crippen LogP contribution in [-0.2, 0) is 28.6 Å². The molecule has 2 aliphatic rings. The first-order chi connectivity index (χ1) is 14.7. The standard InChI is InChI=1S/C22H28O9/c1-12-8-18(31-22(28)16(11-24)6-7-29-14(3)25)20-13(2)21(27)30-19(20)9-15(10-23)4-5-17(12)26/h6,9,18-20,23-24,26H,2,4-5,7-8,10-11H2,1,3H3. The van der Waals surface area contributed by atoms with Crippen molar-refractivity contribution < 1.29 is 43.9 Å². The molecule has 9 heteroatoms. The summed E-state index contributed by atoms with van der Waals surface area (Å²) in [5, 5.41) is 29.5. The lowest BCUT2D eigenvalue weighted by atomic mass is 9.85. The van der Waals surface area contributed by atoms with Crippen LogP contribution in [-0.4, -0.2) is 65.3 Å². The number of fused-ring (bicyclic) bond motifs is 1. The Balaban J connectivity index is 2.37. The van der Waals surface area contributed by atoms with E-state index in [-0.39, 0.29) is 43.0 Å². The summed E-state index contributed by atoms with van der Waals surface area (Å²) in [7, 11) is 0. The highest BCUT2D eigenvalue weighted by atomic mass is 16.6. The number of rotatable bonds is 6. The second-order valence-corrected chi connectivity index (χ2v) is 7.47. The van der Waals surface area contributed by atoms with Gasteiger partial charge in [0.2, 0.25) is 0 Å². The molecule has 3 unspecified atom stereocenters. The van der Waals surface area contributed by atoms with Crippen LogP contribution in [0.3, 0.4) is 0 Å². The van der Waals surface area contributed by atoms with Gasteiger partial charge in [0.05, 0.1) is 30.5 Å². The fourth-order valence-electron chi connectivity index (χ4n) is 3.47. The molecule has 0 radical (unpaired) electrons. The van der Waals surface area contributed by atoms with Gasteiger partial charge in [-0.3, -0.25) is 4.79 Å². The fraction of sp³-hybridized carbons (Fsp3) is 0.500. The predicted octanol–water partition coefficient (Wildman–Crippen LogP) is 1.41. The van der Waals surface area contributed by atoms with Gasteiger partial charge in [-0.1, -0.05) is 6.58 Å². The Morgan fingerprint density at radius 2 is 2.03 bits per heavy atom. The fourth-order valence-corrected chi connectivity index (χ4v) is 3.47. The van der Waals surface area contributed by atoms with Crippen molar-refractivity contribution in [2.75, 3.05) is 19.8 Å². The highest BCUT2D eigenvalue weighted by Crippen LogP contribution is 2.37. The minimum absolute atomic E-state index is 0.0995. The Kier molecular flexibility index (Phi) is 8.58. The van der Waals surface area contributed by atoms with Gasteiger partial charge in [0.15, 0.2) is 0 Å². The molecule has 0 saturated carbocycles. The van der Waals surface area contributed by atoms with Gasteiger partial charge in [0, 0.05) is 25.3 Å². The molecule has 2 rings (SSSR count). The Hall–Kier alpha value is -2.91. The van der Waals surface area contributed by atoms with Gasteiger partial charge in [-0.15, -0.1) is 0 Å². The third-order valence-corrected chi connectivity index (χ3v) is 5.26. The number of esters is 3. The number of aliphatic hydroxyl groups is 3. The molecule has 0 aromatic rings. The van der Waals surface area contributed by atoms with Gasteiger partial charge in [-0.25, -0.2) is 9.59 Å². The number of ether oxygens (including phenoxy) is 3. The molecule has 3 N–H and O–H groups in total. The number of aliphatic hydroxyl groups excluding tert-OH is 3. The molecule has 3 atom stereocenters. The van der Waals surface area contributed by atoms with Gasteiger partial charge in [0.25, 0.3) is 0 Å². The Morgan fingerprint density at radius 1 is 1.32 bits per heavy atom. The molecule has 0 aromatic carbocycles. The molecular formula is C22H28O9. The molecule has 1 heterocycles. The van der Waals surface area contributed by atoms with Crippen molar-refractivity contribution in [2.45, 2.75) is 45.3 Å². The molecule has 31 heavy (non-hydrogen) atoms. The van der Waals surface area contributed by atoms with E-state index < -0.39 is 42.6 Å². The third kappa shape index (κ3) is 6.28. The van der Waals surface area contributed by atoms with Crippen LogP contribution in [0.1, 0.15) is 33.1 Å². The molecule has 0 spiro atoms. The summed E-state index contributed by atoms with van der Waals surface area (Å²) in [6.07, 6.45) is 1.86. The van der Waals surface area contributed by atoms with Crippen molar-refractivity contribution in [3.05, 3.63) is 46.8 Å². The number of carbonyl (C=O) groups is 3. The van der Waals surface area contributed by atoms with Crippen LogP contribution in [0.5, 0.6) is 0 Å². The van der Waals surface area contributed by atoms with Gasteiger partial charge >= 0.3 is 17.9 Å². The van der Waals surface area contributed by atoms with E-state index in [0.717, 1.165) is 0 Å². The van der Waals surface area contributed by atoms with E-state index in [2.05, 4.69) is 6.58 Å². The predicted molar refractivity (Wildman–Crippen MR) is 109 cm³/mol. The number of carbonyl (C=O) groups excluding carboxylic acids is 3. The van der Waals surface area contributed by atoms with Crippen LogP contribution in [0.25, 0.3) is 0 Å². The van der Waals surface area contributed by atoms with Crippen molar-refractivity contribution in [2.24, 2.45) is 5.92 Å². The normalized spacial score (nSPS) is 24.8. The SMILES string of the molecule is C=C1C(=O)OC2C=C(CO)CCC(O)=C(C)CC(OC(=O)C(=CCOC(C)=O)CO)C12. The summed E-state index contributed by atoms with van der Waals surface area (Å²) in [6, 6.07) is 0. The van der Waals surface area contributed by atoms with E-state index in [1.807, 2.05) is 0 Å². The number of hydrogen-bond donors (Lipinski definition) is 3. The quantitative estimate of drug-likeness (QED) is 0.244. The van der Waals surface area contributed by atoms with Crippen LogP contribution >= 0.6 is 0 Å². The molecule has 1 aliphatic heterocycles. The van der Waals surface area contributed by atoms with Gasteiger partial charge < -0.3 is 29.5 Å². The average Bonchev–Trinajstić information content (AvgIpc) is 2.99. The van der Waals surface area contributed by atoms with E-state index in [4.69, 9.17) is 14.2 Å². The first kappa shape index (κ1) is 24.4. The Labute approximate surface area is 180 Å². The van der Waals surface area contributed by atoms with E-state index >= 15 is 0 Å². The lowest BCUT2D eigenvalue weighted by Crippen LogP contribution is -2.34. The summed E-state index contributed by atoms with van der Waals surface area (Å²) in [5.41, 5.74) is 1.11. The smallest absolute Gasteiger partial charge is 0.336 e. The van der Waals surface area contributed by atoms with Crippen molar-refractivity contribution in [1.82, 2.24) is 0 Å². The van der Waals surface area contributed by atoms with Gasteiger partial charge in [-0.05, 0) is 36.6 Å². The van der Waals surface area contributed by atoms with E-state index in [9.17, 15) is 29.7 Å². The third-order valence-electron chi connectivity index (χ3n) is 5.26. The van der Waals surface area contributed by atoms with Crippen LogP contribution in [0.15, 0.2) is 46.8 Å². The monoisotopic (exact) mass is 436 g/mol. The van der Waals surface area contributed by atoms with Crippen molar-refractivity contribution in [3.8, 4) is 0 Å². The molecule has 9 nitrogen and oxygen atoms in total. The maximum absolute atomic E-state index is 12.7. The summed E-state index contributed by atoms with van der Waals surface area (Å²) < 4.78 is 15.7. The second-order valence-electron chi connectivity index (χ2n) is 7.47. The minimum Gasteiger partial charge on any atom is -0.512 e. The average molecular weight is 436 g/mol. The van der Waals surface area contributed by atoms with Gasteiger partial charge in [-0.2, -0.15) is 0 Å². The van der Waals surface area contributed by atoms with E-state index in [1.54, 1.807) is 13.0 Å². The summed E-state index contributed by atoms with van der Waals surface area (Å²) in [4.78, 5) is 35.8. The zero-order valence-corrected chi connectivity index (χ0v) is 17.6. The first-order valence-electron chi connectivity index (χ1n) is 9.89. The second kappa shape index (κ2) is 10.9. The van der Waals surface area contributed by atoms with Crippen molar-refractivity contribution >= 4 is 17.9 Å². The van der Waals surface area contributed by atoms with Crippen LogP contribution in [0.2, 0.25) is 0 Å². The molecule has 1 aliphatic carbocycles. The molecule has 0 aromatic heterocycles. The van der Waals surface area contributed by atoms with Crippen molar-refractivity contribution in [1.29, 1.82) is 0 Å². The summed E-state index contributed by atoms with van der Waals surface area (Å²) in [6.45, 7) is 5.52. The maximum Gasteiger partial charge on any atom is 0.336 e. The van der Waals surface area contributed by atoms with E-state index in [1.165, 1.54) is 13.0 Å². The van der Waals surface area contributed by atoms with Crippen LogP contribution in [0.4, 0.5) is 0 Å². The zero-order valence-electron chi connectivity index (χ0n) is 17.6. The van der Waals surface area contributed by atoms with Gasteiger partial charge in [0.1, 0.15) is 18.8 Å². The largest absolute Gasteiger partial charge is 0.512 e. The van der Waals surface area contributed by atoms with Crippen LogP contribution in [0, 0.1) is 5.92 Å². The Morgan fingerprint density at radius 3 is 2.65 bits per heavy atom. The molecule has 170 valence electrons. The van der Waals surface area contributed by atoms with E-state index in [0.29, 0.717) is 17.6 Å². The molecule has 1 fully saturated rings. The van der Waals surface area contributed by atoms with Crippen molar-refractivity contribution in [3.63, 3.8) is 0 Å². The topological polar surface area (TPSA) is 140 Å². The highest BCUT2D eigenvalue weighted by molar-refractivity contribution is 5.92. The lowest BCUT2D eigenvalue weighted by molar-refractivity contribution is -0.148. The number of hydrogen-bond acceptors (Lipinski definition) is 9. The maximum atomic E-state index is 12.7. The highest BCUT2D eigenvalue weighted by Gasteiger charge is 2.45. The molecule has 0 bridgehead atoms. The Bertz CT molecular complexity index is 834. The summed E-state index contributed by atoms with van der Waals surface area (Å²) in [5.74, 6) is -2.68. The number of allylic oxidation sites excluding steroid dienone is 1. The molecule has 0 amide bonds. The summed E-state index contributed by atoms with van der Waals surface area (Å²) >= 11 is 0. The van der Waals surface area contributed by atoms with Crippen LogP contribution < -0.4 is 0 Å². The zero-order chi connectivity index (χ0) is 23.1. The lowest BCUT2D eigenvalue weighted by Gasteiger charge is -2.28. The molecular weight excluding hydrogens is 408 g/mol.